The number of ether oxygens (including phenoxy) is 3. The third-order valence-electron chi connectivity index (χ3n) is 4.10. The molecule has 0 saturated carbocycles. The van der Waals surface area contributed by atoms with Crippen LogP contribution < -0.4 is 30.6 Å². The van der Waals surface area contributed by atoms with Crippen LogP contribution in [-0.2, 0) is 0 Å². The van der Waals surface area contributed by atoms with Gasteiger partial charge in [0, 0.05) is 16.8 Å². The van der Waals surface area contributed by atoms with Crippen LogP contribution in [0.25, 0.3) is 0 Å². The smallest absolute Gasteiger partial charge is 0.163 e. The van der Waals surface area contributed by atoms with Gasteiger partial charge < -0.3 is 30.6 Å². The first-order chi connectivity index (χ1) is 13.6. The van der Waals surface area contributed by atoms with E-state index in [0.29, 0.717) is 58.5 Å². The van der Waals surface area contributed by atoms with E-state index in [4.69, 9.17) is 31.5 Å². The summed E-state index contributed by atoms with van der Waals surface area (Å²) < 4.78 is 16.5. The summed E-state index contributed by atoms with van der Waals surface area (Å²) in [7, 11) is 1.58. The van der Waals surface area contributed by atoms with Crippen molar-refractivity contribution in [2.45, 2.75) is 0 Å². The summed E-state index contributed by atoms with van der Waals surface area (Å²) in [6.07, 6.45) is 1.41. The average Bonchev–Trinajstić information content (AvgIpc) is 2.71. The van der Waals surface area contributed by atoms with Crippen molar-refractivity contribution in [1.82, 2.24) is 9.97 Å². The Kier molecular flexibility index (Phi) is 4.94. The van der Waals surface area contributed by atoms with Gasteiger partial charge in [0.05, 0.1) is 12.8 Å². The number of nitrogens with zero attached hydrogens (tertiary/aromatic N) is 2. The predicted octanol–water partition coefficient (Wildman–Crippen LogP) is 3.98. The molecule has 1 aromatic heterocycles. The van der Waals surface area contributed by atoms with Gasteiger partial charge >= 0.3 is 0 Å². The molecule has 4 rings (SSSR count). The molecule has 0 radical (unpaired) electrons. The van der Waals surface area contributed by atoms with E-state index in [2.05, 4.69) is 20.6 Å². The lowest BCUT2D eigenvalue weighted by atomic mass is 10.2. The number of nitrogens with one attached hydrogen (secondary N) is 2. The van der Waals surface area contributed by atoms with Crippen LogP contribution in [0.4, 0.5) is 28.7 Å². The summed E-state index contributed by atoms with van der Waals surface area (Å²) >= 11 is 6.08. The van der Waals surface area contributed by atoms with Gasteiger partial charge in [-0.2, -0.15) is 0 Å². The number of hydrogen-bond donors (Lipinski definition) is 3. The fourth-order valence-corrected chi connectivity index (χ4v) is 2.93. The highest BCUT2D eigenvalue weighted by Gasteiger charge is 2.14. The van der Waals surface area contributed by atoms with Gasteiger partial charge in [0.1, 0.15) is 31.0 Å². The Morgan fingerprint density at radius 1 is 1.00 bits per heavy atom. The highest BCUT2D eigenvalue weighted by Crippen LogP contribution is 2.36. The molecule has 0 unspecified atom stereocenters. The van der Waals surface area contributed by atoms with E-state index in [1.807, 2.05) is 18.2 Å². The van der Waals surface area contributed by atoms with Crippen LogP contribution in [0.5, 0.6) is 17.2 Å². The summed E-state index contributed by atoms with van der Waals surface area (Å²) in [6.45, 7) is 1.06. The first-order valence-electron chi connectivity index (χ1n) is 8.52. The molecule has 0 bridgehead atoms. The van der Waals surface area contributed by atoms with E-state index < -0.39 is 0 Å². The number of benzene rings is 2. The zero-order chi connectivity index (χ0) is 19.5. The summed E-state index contributed by atoms with van der Waals surface area (Å²) in [6, 6.07) is 10.8. The van der Waals surface area contributed by atoms with E-state index in [-0.39, 0.29) is 0 Å². The molecule has 8 nitrogen and oxygen atoms in total. The minimum atomic E-state index is 0.347. The van der Waals surface area contributed by atoms with Crippen molar-refractivity contribution in [3.8, 4) is 17.2 Å². The van der Waals surface area contributed by atoms with E-state index in [0.717, 1.165) is 5.69 Å². The lowest BCUT2D eigenvalue weighted by molar-refractivity contribution is 0.171. The van der Waals surface area contributed by atoms with Gasteiger partial charge in [-0.3, -0.25) is 0 Å². The van der Waals surface area contributed by atoms with Crippen molar-refractivity contribution < 1.29 is 14.2 Å². The number of hydrogen-bond acceptors (Lipinski definition) is 8. The van der Waals surface area contributed by atoms with Crippen LogP contribution in [-0.4, -0.2) is 30.3 Å². The van der Waals surface area contributed by atoms with E-state index in [1.54, 1.807) is 25.3 Å². The van der Waals surface area contributed by atoms with Gasteiger partial charge in [-0.15, -0.1) is 0 Å². The van der Waals surface area contributed by atoms with Crippen LogP contribution in [0.2, 0.25) is 5.02 Å². The van der Waals surface area contributed by atoms with Gasteiger partial charge in [-0.1, -0.05) is 11.6 Å². The zero-order valence-corrected chi connectivity index (χ0v) is 15.8. The van der Waals surface area contributed by atoms with Gasteiger partial charge in [-0.25, -0.2) is 9.97 Å². The van der Waals surface area contributed by atoms with Crippen molar-refractivity contribution in [3.05, 3.63) is 47.7 Å². The molecule has 3 aromatic rings. The van der Waals surface area contributed by atoms with Gasteiger partial charge in [0.2, 0.25) is 0 Å². The molecule has 0 aliphatic carbocycles. The third-order valence-corrected chi connectivity index (χ3v) is 4.34. The van der Waals surface area contributed by atoms with Crippen LogP contribution in [0, 0.1) is 0 Å². The lowest BCUT2D eigenvalue weighted by Crippen LogP contribution is -2.15. The fraction of sp³-hybridized carbons (Fsp3) is 0.158. The summed E-state index contributed by atoms with van der Waals surface area (Å²) in [5, 5.41) is 6.88. The summed E-state index contributed by atoms with van der Waals surface area (Å²) in [5.41, 5.74) is 8.02. The first kappa shape index (κ1) is 18.0. The maximum atomic E-state index is 6.27. The Bertz CT molecular complexity index is 1010. The molecule has 2 aromatic carbocycles. The number of methoxy groups -OCH3 is 1. The van der Waals surface area contributed by atoms with E-state index in [9.17, 15) is 0 Å². The molecule has 9 heteroatoms. The molecule has 1 aliphatic heterocycles. The molecular formula is C19H18ClN5O3. The van der Waals surface area contributed by atoms with Crippen LogP contribution in [0.3, 0.4) is 0 Å². The topological polar surface area (TPSA) is 104 Å². The molecule has 2 heterocycles. The Morgan fingerprint density at radius 3 is 2.54 bits per heavy atom. The minimum Gasteiger partial charge on any atom is -0.495 e. The number of anilines is 5. The fourth-order valence-electron chi connectivity index (χ4n) is 2.76. The Morgan fingerprint density at radius 2 is 1.75 bits per heavy atom. The minimum absolute atomic E-state index is 0.347. The molecule has 0 amide bonds. The maximum absolute atomic E-state index is 6.27. The lowest BCUT2D eigenvalue weighted by Gasteiger charge is -2.19. The van der Waals surface area contributed by atoms with Crippen LogP contribution >= 0.6 is 11.6 Å². The standard InChI is InChI=1S/C19H18ClN5O3/c1-26-14-4-2-11(20)8-13(14)25-19-17(21)18(22-10-23-19)24-12-3-5-15-16(9-12)28-7-6-27-15/h2-5,8-10H,6-7,21H2,1H3,(H2,22,23,24,25). The van der Waals surface area contributed by atoms with E-state index >= 15 is 0 Å². The molecule has 144 valence electrons. The Balaban J connectivity index is 1.60. The van der Waals surface area contributed by atoms with Gasteiger partial charge in [-0.05, 0) is 30.3 Å². The SMILES string of the molecule is COc1ccc(Cl)cc1Nc1ncnc(Nc2ccc3c(c2)OCCO3)c1N. The molecule has 0 fully saturated rings. The number of nitrogen functional groups attached to an aromatic ring is 1. The molecule has 0 saturated heterocycles. The Hall–Kier alpha value is -3.39. The van der Waals surface area contributed by atoms with Crippen molar-refractivity contribution >= 4 is 40.3 Å². The van der Waals surface area contributed by atoms with Crippen molar-refractivity contribution in [1.29, 1.82) is 0 Å². The maximum Gasteiger partial charge on any atom is 0.163 e. The first-order valence-corrected chi connectivity index (χ1v) is 8.89. The highest BCUT2D eigenvalue weighted by atomic mass is 35.5. The quantitative estimate of drug-likeness (QED) is 0.592. The van der Waals surface area contributed by atoms with Crippen molar-refractivity contribution in [2.24, 2.45) is 0 Å². The zero-order valence-electron chi connectivity index (χ0n) is 15.0. The second-order valence-electron chi connectivity index (χ2n) is 5.94. The summed E-state index contributed by atoms with van der Waals surface area (Å²) in [4.78, 5) is 8.45. The molecular weight excluding hydrogens is 382 g/mol. The van der Waals surface area contributed by atoms with Crippen molar-refractivity contribution in [2.75, 3.05) is 36.7 Å². The third kappa shape index (κ3) is 3.67. The largest absolute Gasteiger partial charge is 0.495 e. The molecule has 1 aliphatic rings. The number of rotatable bonds is 5. The van der Waals surface area contributed by atoms with Gasteiger partial charge in [0.25, 0.3) is 0 Å². The number of nitrogens with two attached hydrogens (primary N) is 1. The molecule has 28 heavy (non-hydrogen) atoms. The highest BCUT2D eigenvalue weighted by molar-refractivity contribution is 6.31. The van der Waals surface area contributed by atoms with Crippen LogP contribution in [0.15, 0.2) is 42.7 Å². The molecule has 4 N–H and O–H groups in total. The summed E-state index contributed by atoms with van der Waals surface area (Å²) in [5.74, 6) is 2.88. The molecule has 0 spiro atoms. The van der Waals surface area contributed by atoms with Crippen LogP contribution in [0.1, 0.15) is 0 Å². The number of halogens is 1. The van der Waals surface area contributed by atoms with Crippen molar-refractivity contribution in [3.63, 3.8) is 0 Å². The number of aromatic nitrogens is 2. The normalized spacial score (nSPS) is 12.4. The monoisotopic (exact) mass is 399 g/mol. The molecule has 0 atom stereocenters. The van der Waals surface area contributed by atoms with Gasteiger partial charge in [0.15, 0.2) is 23.1 Å². The Labute approximate surface area is 166 Å². The second-order valence-corrected chi connectivity index (χ2v) is 6.37. The van der Waals surface area contributed by atoms with E-state index in [1.165, 1.54) is 6.33 Å². The number of fused-ring (bicyclic) bond motifs is 1. The average molecular weight is 400 g/mol. The predicted molar refractivity (Wildman–Crippen MR) is 108 cm³/mol. The second kappa shape index (κ2) is 7.69.